The lowest BCUT2D eigenvalue weighted by Gasteiger charge is -2.19. The van der Waals surface area contributed by atoms with Gasteiger partial charge in [-0.3, -0.25) is 0 Å². The van der Waals surface area contributed by atoms with Crippen molar-refractivity contribution in [2.75, 3.05) is 0 Å². The van der Waals surface area contributed by atoms with Crippen LogP contribution < -0.4 is 5.23 Å². The Morgan fingerprint density at radius 3 is 1.92 bits per heavy atom. The molecular weight excluding hydrogens is 289 g/mol. The first-order valence-corrected chi connectivity index (χ1v) is 9.42. The first-order chi connectivity index (χ1) is 11.8. The van der Waals surface area contributed by atoms with Gasteiger partial charge >= 0.3 is 0 Å². The summed E-state index contributed by atoms with van der Waals surface area (Å²) < 4.78 is 0. The van der Waals surface area contributed by atoms with Crippen molar-refractivity contribution in [3.05, 3.63) is 71.8 Å². The zero-order valence-corrected chi connectivity index (χ0v) is 15.2. The third kappa shape index (κ3) is 6.27. The van der Waals surface area contributed by atoms with Crippen LogP contribution in [0, 0.1) is 0 Å². The highest BCUT2D eigenvalue weighted by atomic mass is 14.8. The minimum Gasteiger partial charge on any atom is -0.427 e. The lowest BCUT2D eigenvalue weighted by atomic mass is 9.54. The predicted octanol–water partition coefficient (Wildman–Crippen LogP) is 6.37. The van der Waals surface area contributed by atoms with Crippen LogP contribution in [0.25, 0.3) is 11.8 Å². The van der Waals surface area contributed by atoms with E-state index < -0.39 is 0 Å². The molecule has 0 atom stereocenters. The summed E-state index contributed by atoms with van der Waals surface area (Å²) in [5.74, 6) is 0. The molecule has 0 saturated heterocycles. The molecule has 0 aliphatic carbocycles. The SMILES string of the molecule is CCCCB(CCCC)NC(=Cc1ccccc1)c1ccccc1. The normalized spacial score (nSPS) is 11.3. The number of rotatable bonds is 10. The third-order valence-electron chi connectivity index (χ3n) is 4.37. The Kier molecular flexibility index (Phi) is 8.24. The van der Waals surface area contributed by atoms with Crippen LogP contribution >= 0.6 is 0 Å². The van der Waals surface area contributed by atoms with Crippen molar-refractivity contribution in [2.45, 2.75) is 52.2 Å². The van der Waals surface area contributed by atoms with Crippen LogP contribution in [-0.4, -0.2) is 6.85 Å². The van der Waals surface area contributed by atoms with Gasteiger partial charge in [0.05, 0.1) is 0 Å². The van der Waals surface area contributed by atoms with E-state index in [1.165, 1.54) is 55.1 Å². The molecule has 2 rings (SSSR count). The molecule has 126 valence electrons. The van der Waals surface area contributed by atoms with Gasteiger partial charge < -0.3 is 5.23 Å². The van der Waals surface area contributed by atoms with Crippen molar-refractivity contribution >= 4 is 18.6 Å². The summed E-state index contributed by atoms with van der Waals surface area (Å²) >= 11 is 0. The van der Waals surface area contributed by atoms with Crippen LogP contribution in [0.5, 0.6) is 0 Å². The van der Waals surface area contributed by atoms with Gasteiger partial charge in [0, 0.05) is 5.70 Å². The van der Waals surface area contributed by atoms with Gasteiger partial charge in [-0.15, -0.1) is 0 Å². The Hall–Kier alpha value is -1.96. The van der Waals surface area contributed by atoms with Gasteiger partial charge in [-0.05, 0) is 17.2 Å². The molecule has 1 nitrogen and oxygen atoms in total. The molecule has 1 N–H and O–H groups in total. The van der Waals surface area contributed by atoms with Crippen molar-refractivity contribution in [1.82, 2.24) is 5.23 Å². The van der Waals surface area contributed by atoms with Gasteiger partial charge in [-0.2, -0.15) is 0 Å². The third-order valence-corrected chi connectivity index (χ3v) is 4.37. The van der Waals surface area contributed by atoms with Crippen LogP contribution in [-0.2, 0) is 0 Å². The first-order valence-electron chi connectivity index (χ1n) is 9.42. The largest absolute Gasteiger partial charge is 0.427 e. The maximum absolute atomic E-state index is 3.85. The minimum absolute atomic E-state index is 0.556. The van der Waals surface area contributed by atoms with Crippen molar-refractivity contribution in [3.8, 4) is 0 Å². The Morgan fingerprint density at radius 1 is 0.833 bits per heavy atom. The molecule has 0 aliphatic heterocycles. The van der Waals surface area contributed by atoms with Crippen molar-refractivity contribution in [2.24, 2.45) is 0 Å². The summed E-state index contributed by atoms with van der Waals surface area (Å²) in [4.78, 5) is 0. The van der Waals surface area contributed by atoms with E-state index >= 15 is 0 Å². The van der Waals surface area contributed by atoms with Crippen LogP contribution in [0.2, 0.25) is 12.6 Å². The van der Waals surface area contributed by atoms with Crippen molar-refractivity contribution < 1.29 is 0 Å². The zero-order valence-electron chi connectivity index (χ0n) is 15.2. The average Bonchev–Trinajstić information content (AvgIpc) is 2.64. The second-order valence-electron chi connectivity index (χ2n) is 6.46. The quantitative estimate of drug-likeness (QED) is 0.396. The highest BCUT2D eigenvalue weighted by Crippen LogP contribution is 2.18. The van der Waals surface area contributed by atoms with Crippen molar-refractivity contribution in [3.63, 3.8) is 0 Å². The highest BCUT2D eigenvalue weighted by molar-refractivity contribution is 6.57. The molecule has 2 aromatic carbocycles. The van der Waals surface area contributed by atoms with E-state index in [0.717, 1.165) is 0 Å². The van der Waals surface area contributed by atoms with Gasteiger partial charge in [0.2, 0.25) is 0 Å². The summed E-state index contributed by atoms with van der Waals surface area (Å²) in [6.07, 6.45) is 9.86. The molecule has 0 bridgehead atoms. The molecule has 0 unspecified atom stereocenters. The fraction of sp³-hybridized carbons (Fsp3) is 0.364. The van der Waals surface area contributed by atoms with E-state index in [1.54, 1.807) is 0 Å². The summed E-state index contributed by atoms with van der Waals surface area (Å²) in [6.45, 7) is 5.10. The molecule has 2 heteroatoms. The van der Waals surface area contributed by atoms with Gasteiger partial charge in [0.1, 0.15) is 0 Å². The van der Waals surface area contributed by atoms with E-state index in [1.807, 2.05) is 0 Å². The first kappa shape index (κ1) is 18.4. The lowest BCUT2D eigenvalue weighted by Crippen LogP contribution is -2.32. The monoisotopic (exact) mass is 319 g/mol. The number of benzene rings is 2. The molecule has 24 heavy (non-hydrogen) atoms. The van der Waals surface area contributed by atoms with E-state index in [4.69, 9.17) is 0 Å². The fourth-order valence-electron chi connectivity index (χ4n) is 2.95. The van der Waals surface area contributed by atoms with E-state index in [2.05, 4.69) is 85.8 Å². The molecule has 0 amide bonds. The van der Waals surface area contributed by atoms with E-state index in [-0.39, 0.29) is 0 Å². The summed E-state index contributed by atoms with van der Waals surface area (Å²) in [5.41, 5.74) is 3.74. The summed E-state index contributed by atoms with van der Waals surface area (Å²) in [7, 11) is 0. The smallest absolute Gasteiger partial charge is 0.251 e. The Labute approximate surface area is 148 Å². The lowest BCUT2D eigenvalue weighted by molar-refractivity contribution is 0.832. The molecule has 0 aromatic heterocycles. The maximum atomic E-state index is 3.85. The molecule has 0 heterocycles. The second kappa shape index (κ2) is 10.8. The molecule has 0 aliphatic rings. The molecule has 0 spiro atoms. The molecule has 0 fully saturated rings. The van der Waals surface area contributed by atoms with Crippen LogP contribution in [0.4, 0.5) is 0 Å². The highest BCUT2D eigenvalue weighted by Gasteiger charge is 2.15. The molecule has 0 radical (unpaired) electrons. The topological polar surface area (TPSA) is 12.0 Å². The minimum atomic E-state index is 0.556. The Bertz CT molecular complexity index is 584. The van der Waals surface area contributed by atoms with Gasteiger partial charge in [0.15, 0.2) is 0 Å². The summed E-state index contributed by atoms with van der Waals surface area (Å²) in [6, 6.07) is 21.3. The van der Waals surface area contributed by atoms with Crippen molar-refractivity contribution in [1.29, 1.82) is 0 Å². The van der Waals surface area contributed by atoms with E-state index in [0.29, 0.717) is 6.85 Å². The van der Waals surface area contributed by atoms with Crippen LogP contribution in [0.1, 0.15) is 50.7 Å². The maximum Gasteiger partial charge on any atom is 0.251 e. The number of unbranched alkanes of at least 4 members (excludes halogenated alkanes) is 2. The average molecular weight is 319 g/mol. The zero-order chi connectivity index (χ0) is 17.0. The molecule has 2 aromatic rings. The fourth-order valence-corrected chi connectivity index (χ4v) is 2.95. The van der Waals surface area contributed by atoms with Gasteiger partial charge in [0.25, 0.3) is 6.85 Å². The van der Waals surface area contributed by atoms with E-state index in [9.17, 15) is 0 Å². The summed E-state index contributed by atoms with van der Waals surface area (Å²) in [5, 5.41) is 3.85. The van der Waals surface area contributed by atoms with Gasteiger partial charge in [-0.25, -0.2) is 0 Å². The van der Waals surface area contributed by atoms with Crippen LogP contribution in [0.3, 0.4) is 0 Å². The second-order valence-corrected chi connectivity index (χ2v) is 6.46. The number of nitrogens with one attached hydrogen (secondary N) is 1. The Morgan fingerprint density at radius 2 is 1.38 bits per heavy atom. The Balaban J connectivity index is 2.22. The number of hydrogen-bond donors (Lipinski definition) is 1. The predicted molar refractivity (Wildman–Crippen MR) is 109 cm³/mol. The standard InChI is InChI=1S/C22H30BN/c1-3-5-17-23(18-6-4-2)24-22(21-15-11-8-12-16-21)19-20-13-9-7-10-14-20/h7-16,19,24H,3-6,17-18H2,1-2H3. The number of hydrogen-bond acceptors (Lipinski definition) is 1. The molecule has 0 saturated carbocycles. The van der Waals surface area contributed by atoms with Gasteiger partial charge in [-0.1, -0.05) is 113 Å². The van der Waals surface area contributed by atoms with Crippen LogP contribution in [0.15, 0.2) is 60.7 Å². The molecular formula is C22H30BN.